The first-order valence-corrected chi connectivity index (χ1v) is 13.7. The Labute approximate surface area is 184 Å². The summed E-state index contributed by atoms with van der Waals surface area (Å²) in [5.41, 5.74) is 1.16. The third kappa shape index (κ3) is 6.74. The lowest BCUT2D eigenvalue weighted by Crippen LogP contribution is -2.39. The SMILES string of the molecule is CC(C)C1CCC(CC(C2CCCC(CC(C)(C)C)C2)C2(C)CCCCC2)CC1. The molecule has 0 amide bonds. The van der Waals surface area contributed by atoms with E-state index in [9.17, 15) is 0 Å². The molecule has 0 aromatic heterocycles. The fourth-order valence-corrected chi connectivity index (χ4v) is 7.98. The van der Waals surface area contributed by atoms with E-state index < -0.39 is 0 Å². The van der Waals surface area contributed by atoms with Crippen molar-refractivity contribution < 1.29 is 0 Å². The number of hydrogen-bond acceptors (Lipinski definition) is 0. The second-order valence-corrected chi connectivity index (χ2v) is 13.6. The summed E-state index contributed by atoms with van der Waals surface area (Å²) in [5, 5.41) is 0. The average molecular weight is 403 g/mol. The summed E-state index contributed by atoms with van der Waals surface area (Å²) < 4.78 is 0. The van der Waals surface area contributed by atoms with E-state index in [0.717, 1.165) is 35.5 Å². The Morgan fingerprint density at radius 2 is 1.41 bits per heavy atom. The zero-order valence-corrected chi connectivity index (χ0v) is 21.1. The van der Waals surface area contributed by atoms with Crippen LogP contribution in [0.4, 0.5) is 0 Å². The molecule has 3 aliphatic rings. The number of hydrogen-bond donors (Lipinski definition) is 0. The molecular weight excluding hydrogens is 348 g/mol. The van der Waals surface area contributed by atoms with Crippen molar-refractivity contribution in [3.63, 3.8) is 0 Å². The third-order valence-electron chi connectivity index (χ3n) is 9.61. The molecular formula is C29H54. The lowest BCUT2D eigenvalue weighted by atomic mass is 9.56. The highest BCUT2D eigenvalue weighted by Gasteiger charge is 2.43. The Morgan fingerprint density at radius 3 is 2.00 bits per heavy atom. The molecule has 3 aliphatic carbocycles. The van der Waals surface area contributed by atoms with E-state index in [-0.39, 0.29) is 0 Å². The predicted molar refractivity (Wildman–Crippen MR) is 129 cm³/mol. The van der Waals surface area contributed by atoms with Gasteiger partial charge in [0.1, 0.15) is 0 Å². The molecule has 170 valence electrons. The first-order valence-electron chi connectivity index (χ1n) is 13.7. The standard InChI is InChI=1S/C29H54/c1-22(2)25-15-13-23(14-16-25)20-27(29(6)17-8-7-9-18-29)26-12-10-11-24(19-26)21-28(3,4)5/h22-27H,7-21H2,1-6H3. The first kappa shape index (κ1) is 23.7. The largest absolute Gasteiger partial charge is 0.0625 e. The molecule has 0 N–H and O–H groups in total. The van der Waals surface area contributed by atoms with Gasteiger partial charge in [-0.2, -0.15) is 0 Å². The summed E-state index contributed by atoms with van der Waals surface area (Å²) in [7, 11) is 0. The molecule has 0 aromatic rings. The van der Waals surface area contributed by atoms with Crippen LogP contribution in [-0.2, 0) is 0 Å². The highest BCUT2D eigenvalue weighted by atomic mass is 14.5. The van der Waals surface area contributed by atoms with Crippen LogP contribution in [-0.4, -0.2) is 0 Å². The topological polar surface area (TPSA) is 0 Å². The maximum absolute atomic E-state index is 2.73. The molecule has 3 rings (SSSR count). The van der Waals surface area contributed by atoms with Gasteiger partial charge in [-0.1, -0.05) is 92.9 Å². The molecule has 3 saturated carbocycles. The highest BCUT2D eigenvalue weighted by molar-refractivity contribution is 4.93. The molecule has 0 spiro atoms. The smallest absolute Gasteiger partial charge is 0.0295 e. The normalized spacial score (nSPS) is 34.9. The van der Waals surface area contributed by atoms with Crippen LogP contribution in [0.25, 0.3) is 0 Å². The Hall–Kier alpha value is 0. The van der Waals surface area contributed by atoms with E-state index in [0.29, 0.717) is 10.8 Å². The van der Waals surface area contributed by atoms with Crippen molar-refractivity contribution in [2.45, 2.75) is 138 Å². The van der Waals surface area contributed by atoms with Crippen molar-refractivity contribution in [2.24, 2.45) is 46.3 Å². The van der Waals surface area contributed by atoms with Gasteiger partial charge in [0.15, 0.2) is 0 Å². The van der Waals surface area contributed by atoms with Crippen LogP contribution in [0.3, 0.4) is 0 Å². The Balaban J connectivity index is 1.68. The van der Waals surface area contributed by atoms with E-state index in [4.69, 9.17) is 0 Å². The van der Waals surface area contributed by atoms with Gasteiger partial charge in [0, 0.05) is 0 Å². The molecule has 0 radical (unpaired) electrons. The van der Waals surface area contributed by atoms with Crippen molar-refractivity contribution in [1.82, 2.24) is 0 Å². The summed E-state index contributed by atoms with van der Waals surface area (Å²) in [4.78, 5) is 0. The first-order chi connectivity index (χ1) is 13.7. The second kappa shape index (κ2) is 10.1. The van der Waals surface area contributed by atoms with E-state index in [1.807, 2.05) is 0 Å². The molecule has 3 fully saturated rings. The van der Waals surface area contributed by atoms with Crippen LogP contribution in [0.1, 0.15) is 138 Å². The fraction of sp³-hybridized carbons (Fsp3) is 1.00. The molecule has 0 aromatic carbocycles. The molecule has 0 heteroatoms. The fourth-order valence-electron chi connectivity index (χ4n) is 7.98. The zero-order valence-electron chi connectivity index (χ0n) is 21.1. The summed E-state index contributed by atoms with van der Waals surface area (Å²) in [6, 6.07) is 0. The van der Waals surface area contributed by atoms with E-state index in [1.54, 1.807) is 19.3 Å². The Bertz CT molecular complexity index is 467. The van der Waals surface area contributed by atoms with Crippen LogP contribution in [0.2, 0.25) is 0 Å². The van der Waals surface area contributed by atoms with E-state index >= 15 is 0 Å². The minimum atomic E-state index is 0.506. The van der Waals surface area contributed by atoms with Crippen LogP contribution >= 0.6 is 0 Å². The van der Waals surface area contributed by atoms with Gasteiger partial charge in [0.2, 0.25) is 0 Å². The van der Waals surface area contributed by atoms with Crippen molar-refractivity contribution in [3.05, 3.63) is 0 Å². The summed E-state index contributed by atoms with van der Waals surface area (Å²) in [6.07, 6.45) is 22.8. The number of rotatable bonds is 6. The van der Waals surface area contributed by atoms with Gasteiger partial charge in [0.05, 0.1) is 0 Å². The molecule has 0 heterocycles. The highest BCUT2D eigenvalue weighted by Crippen LogP contribution is 2.53. The van der Waals surface area contributed by atoms with Crippen molar-refractivity contribution in [2.75, 3.05) is 0 Å². The van der Waals surface area contributed by atoms with Crippen LogP contribution in [0.5, 0.6) is 0 Å². The van der Waals surface area contributed by atoms with Crippen LogP contribution < -0.4 is 0 Å². The lowest BCUT2D eigenvalue weighted by Gasteiger charge is -2.49. The van der Waals surface area contributed by atoms with Gasteiger partial charge >= 0.3 is 0 Å². The summed E-state index contributed by atoms with van der Waals surface area (Å²) in [6.45, 7) is 15.0. The third-order valence-corrected chi connectivity index (χ3v) is 9.61. The Kier molecular flexibility index (Phi) is 8.22. The van der Waals surface area contributed by atoms with E-state index in [1.165, 1.54) is 77.0 Å². The summed E-state index contributed by atoms with van der Waals surface area (Å²) in [5.74, 6) is 6.00. The lowest BCUT2D eigenvalue weighted by molar-refractivity contribution is 0.0147. The van der Waals surface area contributed by atoms with Gasteiger partial charge in [-0.05, 0) is 91.3 Å². The zero-order chi connectivity index (χ0) is 21.1. The van der Waals surface area contributed by atoms with E-state index in [2.05, 4.69) is 41.5 Å². The predicted octanol–water partition coefficient (Wildman–Crippen LogP) is 9.67. The minimum absolute atomic E-state index is 0.506. The molecule has 29 heavy (non-hydrogen) atoms. The minimum Gasteiger partial charge on any atom is -0.0625 e. The quantitative estimate of drug-likeness (QED) is 0.414. The molecule has 0 nitrogen and oxygen atoms in total. The van der Waals surface area contributed by atoms with Crippen LogP contribution in [0, 0.1) is 46.3 Å². The summed E-state index contributed by atoms with van der Waals surface area (Å²) >= 11 is 0. The van der Waals surface area contributed by atoms with Crippen molar-refractivity contribution >= 4 is 0 Å². The molecule has 3 unspecified atom stereocenters. The molecule has 0 saturated heterocycles. The van der Waals surface area contributed by atoms with Gasteiger partial charge in [0.25, 0.3) is 0 Å². The van der Waals surface area contributed by atoms with Crippen molar-refractivity contribution in [3.8, 4) is 0 Å². The van der Waals surface area contributed by atoms with Crippen molar-refractivity contribution in [1.29, 1.82) is 0 Å². The van der Waals surface area contributed by atoms with Gasteiger partial charge in [-0.15, -0.1) is 0 Å². The van der Waals surface area contributed by atoms with Gasteiger partial charge < -0.3 is 0 Å². The monoisotopic (exact) mass is 402 g/mol. The van der Waals surface area contributed by atoms with Crippen LogP contribution in [0.15, 0.2) is 0 Å². The maximum Gasteiger partial charge on any atom is -0.0295 e. The van der Waals surface area contributed by atoms with Gasteiger partial charge in [-0.3, -0.25) is 0 Å². The maximum atomic E-state index is 2.73. The average Bonchev–Trinajstić information content (AvgIpc) is 2.66. The molecule has 3 atom stereocenters. The molecule has 0 aliphatic heterocycles. The Morgan fingerprint density at radius 1 is 0.759 bits per heavy atom. The molecule has 0 bridgehead atoms. The second-order valence-electron chi connectivity index (χ2n) is 13.6. The van der Waals surface area contributed by atoms with Gasteiger partial charge in [-0.25, -0.2) is 0 Å².